The number of hydrogen-bond acceptors (Lipinski definition) is 4. The van der Waals surface area contributed by atoms with E-state index in [2.05, 4.69) is 12.6 Å². The van der Waals surface area contributed by atoms with Crippen molar-refractivity contribution in [1.82, 2.24) is 4.90 Å². The molecule has 0 aromatic rings. The fourth-order valence-electron chi connectivity index (χ4n) is 2.31. The second-order valence-electron chi connectivity index (χ2n) is 4.79. The molecule has 1 unspecified atom stereocenters. The molecule has 1 aliphatic carbocycles. The van der Waals surface area contributed by atoms with Crippen LogP contribution in [0.4, 0.5) is 0 Å². The Morgan fingerprint density at radius 3 is 2.50 bits per heavy atom. The van der Waals surface area contributed by atoms with Gasteiger partial charge in [0.25, 0.3) is 0 Å². The molecule has 0 radical (unpaired) electrons. The number of rotatable bonds is 6. The molecule has 1 amide bonds. The van der Waals surface area contributed by atoms with E-state index < -0.39 is 0 Å². The minimum absolute atomic E-state index is 0.0185. The molecule has 4 nitrogen and oxygen atoms in total. The van der Waals surface area contributed by atoms with Gasteiger partial charge in [0.2, 0.25) is 5.91 Å². The van der Waals surface area contributed by atoms with E-state index in [4.69, 9.17) is 4.74 Å². The van der Waals surface area contributed by atoms with E-state index in [0.717, 1.165) is 25.7 Å². The second kappa shape index (κ2) is 7.67. The van der Waals surface area contributed by atoms with Crippen molar-refractivity contribution in [3.05, 3.63) is 0 Å². The van der Waals surface area contributed by atoms with Gasteiger partial charge in [0.1, 0.15) is 6.54 Å². The summed E-state index contributed by atoms with van der Waals surface area (Å²) < 4.78 is 4.94. The molecule has 0 aliphatic heterocycles. The zero-order chi connectivity index (χ0) is 13.5. The molecule has 104 valence electrons. The smallest absolute Gasteiger partial charge is 0.325 e. The third-order valence-electron chi connectivity index (χ3n) is 3.35. The normalized spacial score (nSPS) is 17.5. The van der Waals surface area contributed by atoms with Gasteiger partial charge in [-0.1, -0.05) is 19.8 Å². The van der Waals surface area contributed by atoms with E-state index in [1.165, 1.54) is 0 Å². The van der Waals surface area contributed by atoms with Gasteiger partial charge in [0.05, 0.1) is 6.61 Å². The first-order valence-electron chi connectivity index (χ1n) is 6.67. The predicted octanol–water partition coefficient (Wildman–Crippen LogP) is 1.89. The number of nitrogens with zero attached hydrogens (tertiary/aromatic N) is 1. The number of amides is 1. The molecule has 0 aromatic heterocycles. The molecule has 1 atom stereocenters. The molecular weight excluding hydrogens is 250 g/mol. The Hall–Kier alpha value is -0.710. The van der Waals surface area contributed by atoms with Crippen molar-refractivity contribution in [1.29, 1.82) is 0 Å². The minimum Gasteiger partial charge on any atom is -0.465 e. The van der Waals surface area contributed by atoms with Crippen molar-refractivity contribution in [2.75, 3.05) is 18.9 Å². The highest BCUT2D eigenvalue weighted by Crippen LogP contribution is 2.25. The first-order chi connectivity index (χ1) is 8.60. The Morgan fingerprint density at radius 2 is 2.00 bits per heavy atom. The van der Waals surface area contributed by atoms with Gasteiger partial charge in [-0.15, -0.1) is 0 Å². The standard InChI is InChI=1S/C13H23NO3S/c1-3-17-12(15)8-14(11-6-4-5-7-11)13(16)10(2)9-18/h10-11,18H,3-9H2,1-2H3. The first kappa shape index (κ1) is 15.3. The monoisotopic (exact) mass is 273 g/mol. The zero-order valence-electron chi connectivity index (χ0n) is 11.2. The predicted molar refractivity (Wildman–Crippen MR) is 73.6 cm³/mol. The van der Waals surface area contributed by atoms with Crippen LogP contribution >= 0.6 is 12.6 Å². The Morgan fingerprint density at radius 1 is 1.39 bits per heavy atom. The fraction of sp³-hybridized carbons (Fsp3) is 0.846. The molecule has 0 saturated heterocycles. The van der Waals surface area contributed by atoms with Crippen LogP contribution in [0.15, 0.2) is 0 Å². The van der Waals surface area contributed by atoms with Crippen LogP contribution in [0.25, 0.3) is 0 Å². The van der Waals surface area contributed by atoms with Gasteiger partial charge in [-0.25, -0.2) is 0 Å². The van der Waals surface area contributed by atoms with Gasteiger partial charge < -0.3 is 9.64 Å². The van der Waals surface area contributed by atoms with Crippen LogP contribution in [0.1, 0.15) is 39.5 Å². The van der Waals surface area contributed by atoms with Crippen LogP contribution in [0, 0.1) is 5.92 Å². The molecule has 1 aliphatic rings. The Bertz CT molecular complexity index is 290. The van der Waals surface area contributed by atoms with Crippen molar-refractivity contribution >= 4 is 24.5 Å². The molecule has 5 heteroatoms. The molecule has 1 rings (SSSR count). The fourth-order valence-corrected chi connectivity index (χ4v) is 2.47. The average molecular weight is 273 g/mol. The summed E-state index contributed by atoms with van der Waals surface area (Å²) in [7, 11) is 0. The highest BCUT2D eigenvalue weighted by Gasteiger charge is 2.30. The third-order valence-corrected chi connectivity index (χ3v) is 3.90. The van der Waals surface area contributed by atoms with Crippen LogP contribution < -0.4 is 0 Å². The van der Waals surface area contributed by atoms with Gasteiger partial charge in [-0.05, 0) is 19.8 Å². The van der Waals surface area contributed by atoms with E-state index in [1.807, 2.05) is 6.92 Å². The summed E-state index contributed by atoms with van der Waals surface area (Å²) in [4.78, 5) is 25.6. The Kier molecular flexibility index (Phi) is 6.54. The molecule has 18 heavy (non-hydrogen) atoms. The largest absolute Gasteiger partial charge is 0.465 e. The summed E-state index contributed by atoms with van der Waals surface area (Å²) in [5.41, 5.74) is 0. The molecule has 1 fully saturated rings. The SMILES string of the molecule is CCOC(=O)CN(C(=O)C(C)CS)C1CCCC1. The summed E-state index contributed by atoms with van der Waals surface area (Å²) >= 11 is 4.16. The maximum atomic E-state index is 12.3. The highest BCUT2D eigenvalue weighted by atomic mass is 32.1. The summed E-state index contributed by atoms with van der Waals surface area (Å²) in [6, 6.07) is 0.198. The van der Waals surface area contributed by atoms with Gasteiger partial charge in [-0.3, -0.25) is 9.59 Å². The van der Waals surface area contributed by atoms with Gasteiger partial charge >= 0.3 is 5.97 Å². The van der Waals surface area contributed by atoms with Gasteiger partial charge in [0, 0.05) is 17.7 Å². The zero-order valence-corrected chi connectivity index (χ0v) is 12.1. The lowest BCUT2D eigenvalue weighted by molar-refractivity contribution is -0.151. The van der Waals surface area contributed by atoms with Crippen LogP contribution in [0.2, 0.25) is 0 Å². The van der Waals surface area contributed by atoms with E-state index in [-0.39, 0.29) is 30.4 Å². The van der Waals surface area contributed by atoms with Crippen molar-refractivity contribution in [2.24, 2.45) is 5.92 Å². The van der Waals surface area contributed by atoms with Crippen LogP contribution in [0.5, 0.6) is 0 Å². The van der Waals surface area contributed by atoms with Crippen LogP contribution in [-0.2, 0) is 14.3 Å². The lowest BCUT2D eigenvalue weighted by Gasteiger charge is -2.30. The molecule has 1 saturated carbocycles. The third kappa shape index (κ3) is 4.19. The first-order valence-corrected chi connectivity index (χ1v) is 7.30. The summed E-state index contributed by atoms with van der Waals surface area (Å²) in [6.07, 6.45) is 4.24. The number of thiol groups is 1. The summed E-state index contributed by atoms with van der Waals surface area (Å²) in [5, 5.41) is 0. The van der Waals surface area contributed by atoms with Gasteiger partial charge in [-0.2, -0.15) is 12.6 Å². The molecule has 0 spiro atoms. The molecule has 0 N–H and O–H groups in total. The molecule has 0 bridgehead atoms. The lowest BCUT2D eigenvalue weighted by Crippen LogP contribution is -2.45. The number of hydrogen-bond donors (Lipinski definition) is 1. The van der Waals surface area contributed by atoms with Crippen LogP contribution in [0.3, 0.4) is 0 Å². The average Bonchev–Trinajstić information content (AvgIpc) is 2.88. The maximum Gasteiger partial charge on any atom is 0.325 e. The van der Waals surface area contributed by atoms with Crippen molar-refractivity contribution in [2.45, 2.75) is 45.6 Å². The second-order valence-corrected chi connectivity index (χ2v) is 5.16. The molecule has 0 aromatic carbocycles. The quantitative estimate of drug-likeness (QED) is 0.594. The van der Waals surface area contributed by atoms with Crippen LogP contribution in [-0.4, -0.2) is 41.7 Å². The number of ether oxygens (including phenoxy) is 1. The Balaban J connectivity index is 2.67. The summed E-state index contributed by atoms with van der Waals surface area (Å²) in [5.74, 6) is 0.0580. The summed E-state index contributed by atoms with van der Waals surface area (Å²) in [6.45, 7) is 4.06. The highest BCUT2D eigenvalue weighted by molar-refractivity contribution is 7.80. The molecular formula is C13H23NO3S. The van der Waals surface area contributed by atoms with Gasteiger partial charge in [0.15, 0.2) is 0 Å². The van der Waals surface area contributed by atoms with Crippen molar-refractivity contribution < 1.29 is 14.3 Å². The van der Waals surface area contributed by atoms with Crippen molar-refractivity contribution in [3.63, 3.8) is 0 Å². The van der Waals surface area contributed by atoms with E-state index >= 15 is 0 Å². The van der Waals surface area contributed by atoms with E-state index in [0.29, 0.717) is 12.4 Å². The minimum atomic E-state index is -0.316. The van der Waals surface area contributed by atoms with E-state index in [9.17, 15) is 9.59 Å². The molecule has 0 heterocycles. The number of esters is 1. The maximum absolute atomic E-state index is 12.3. The number of carbonyl (C=O) groups excluding carboxylic acids is 2. The lowest BCUT2D eigenvalue weighted by atomic mass is 10.1. The Labute approximate surface area is 114 Å². The topological polar surface area (TPSA) is 46.6 Å². The number of carbonyl (C=O) groups is 2. The van der Waals surface area contributed by atoms with Crippen molar-refractivity contribution in [3.8, 4) is 0 Å². The van der Waals surface area contributed by atoms with E-state index in [1.54, 1.807) is 11.8 Å².